The van der Waals surface area contributed by atoms with Gasteiger partial charge < -0.3 is 20.2 Å². The van der Waals surface area contributed by atoms with Gasteiger partial charge in [-0.3, -0.25) is 10.1 Å². The fourth-order valence-corrected chi connectivity index (χ4v) is 2.04. The standard InChI is InChI=1S/C15H17N3O5/c1-10-8-11(5-6-12(10)18(21)22)17-14(19)16-9-15(2,20)13-4-3-7-23-13/h3-8,20H,9H2,1-2H3,(H2,16,17,19)/t15-/m1/s1. The molecule has 1 aromatic heterocycles. The molecule has 0 unspecified atom stereocenters. The Morgan fingerprint density at radius 3 is 2.74 bits per heavy atom. The highest BCUT2D eigenvalue weighted by atomic mass is 16.6. The number of nitrogens with zero attached hydrogens (tertiary/aromatic N) is 1. The van der Waals surface area contributed by atoms with E-state index < -0.39 is 16.6 Å². The van der Waals surface area contributed by atoms with Crippen LogP contribution >= 0.6 is 0 Å². The van der Waals surface area contributed by atoms with Crippen LogP contribution < -0.4 is 10.6 Å². The Labute approximate surface area is 132 Å². The lowest BCUT2D eigenvalue weighted by Crippen LogP contribution is -2.40. The summed E-state index contributed by atoms with van der Waals surface area (Å²) in [5.41, 5.74) is -0.498. The van der Waals surface area contributed by atoms with Crippen LogP contribution in [0.25, 0.3) is 0 Å². The first kappa shape index (κ1) is 16.5. The third-order valence-corrected chi connectivity index (χ3v) is 3.30. The Morgan fingerprint density at radius 2 is 2.17 bits per heavy atom. The third-order valence-electron chi connectivity index (χ3n) is 3.30. The summed E-state index contributed by atoms with van der Waals surface area (Å²) in [5.74, 6) is 0.337. The van der Waals surface area contributed by atoms with Gasteiger partial charge in [0.1, 0.15) is 11.4 Å². The van der Waals surface area contributed by atoms with Crippen molar-refractivity contribution in [3.63, 3.8) is 0 Å². The first-order chi connectivity index (χ1) is 10.8. The van der Waals surface area contributed by atoms with Crippen LogP contribution in [0.1, 0.15) is 18.2 Å². The van der Waals surface area contributed by atoms with E-state index in [9.17, 15) is 20.0 Å². The summed E-state index contributed by atoms with van der Waals surface area (Å²) >= 11 is 0. The molecule has 23 heavy (non-hydrogen) atoms. The molecule has 1 aromatic carbocycles. The van der Waals surface area contributed by atoms with Gasteiger partial charge in [0.15, 0.2) is 0 Å². The van der Waals surface area contributed by atoms with Gasteiger partial charge in [0.25, 0.3) is 5.69 Å². The lowest BCUT2D eigenvalue weighted by Gasteiger charge is -2.21. The molecule has 122 valence electrons. The second-order valence-electron chi connectivity index (χ2n) is 5.32. The van der Waals surface area contributed by atoms with Crippen LogP contribution in [0.5, 0.6) is 0 Å². The maximum atomic E-state index is 11.9. The van der Waals surface area contributed by atoms with E-state index in [1.54, 1.807) is 19.1 Å². The van der Waals surface area contributed by atoms with Gasteiger partial charge in [-0.25, -0.2) is 4.79 Å². The number of aryl methyl sites for hydroxylation is 1. The lowest BCUT2D eigenvalue weighted by atomic mass is 10.0. The Morgan fingerprint density at radius 1 is 1.43 bits per heavy atom. The van der Waals surface area contributed by atoms with Crippen LogP contribution in [-0.4, -0.2) is 22.6 Å². The van der Waals surface area contributed by atoms with Gasteiger partial charge in [0.05, 0.1) is 17.7 Å². The van der Waals surface area contributed by atoms with Gasteiger partial charge in [-0.1, -0.05) is 0 Å². The lowest BCUT2D eigenvalue weighted by molar-refractivity contribution is -0.385. The van der Waals surface area contributed by atoms with Crippen molar-refractivity contribution in [2.24, 2.45) is 0 Å². The van der Waals surface area contributed by atoms with Crippen LogP contribution in [0, 0.1) is 17.0 Å². The van der Waals surface area contributed by atoms with Crippen LogP contribution in [-0.2, 0) is 5.60 Å². The number of amides is 2. The molecule has 1 heterocycles. The van der Waals surface area contributed by atoms with E-state index in [4.69, 9.17) is 4.42 Å². The molecule has 3 N–H and O–H groups in total. The zero-order valence-corrected chi connectivity index (χ0v) is 12.7. The molecule has 0 aliphatic heterocycles. The van der Waals surface area contributed by atoms with Gasteiger partial charge >= 0.3 is 6.03 Å². The minimum Gasteiger partial charge on any atom is -0.466 e. The molecule has 0 fully saturated rings. The molecule has 0 aliphatic carbocycles. The highest BCUT2D eigenvalue weighted by Gasteiger charge is 2.26. The van der Waals surface area contributed by atoms with Gasteiger partial charge in [-0.05, 0) is 38.1 Å². The first-order valence-electron chi connectivity index (χ1n) is 6.86. The van der Waals surface area contributed by atoms with Crippen LogP contribution in [0.2, 0.25) is 0 Å². The molecule has 2 aromatic rings. The highest BCUT2D eigenvalue weighted by molar-refractivity contribution is 5.89. The minimum absolute atomic E-state index is 0.0169. The van der Waals surface area contributed by atoms with E-state index in [1.807, 2.05) is 0 Å². The molecule has 0 saturated carbocycles. The molecule has 2 amide bonds. The van der Waals surface area contributed by atoms with E-state index in [0.717, 1.165) is 0 Å². The molecule has 0 spiro atoms. The molecule has 0 bridgehead atoms. The van der Waals surface area contributed by atoms with Crippen molar-refractivity contribution >= 4 is 17.4 Å². The Bertz CT molecular complexity index is 710. The largest absolute Gasteiger partial charge is 0.466 e. The summed E-state index contributed by atoms with van der Waals surface area (Å²) in [6, 6.07) is 6.98. The topological polar surface area (TPSA) is 118 Å². The first-order valence-corrected chi connectivity index (χ1v) is 6.86. The zero-order chi connectivity index (χ0) is 17.0. The quantitative estimate of drug-likeness (QED) is 0.578. The number of furan rings is 1. The molecule has 8 nitrogen and oxygen atoms in total. The number of nitro benzene ring substituents is 1. The van der Waals surface area contributed by atoms with Crippen molar-refractivity contribution < 1.29 is 19.2 Å². The summed E-state index contributed by atoms with van der Waals surface area (Å²) < 4.78 is 5.11. The molecular weight excluding hydrogens is 302 g/mol. The number of anilines is 1. The van der Waals surface area contributed by atoms with Gasteiger partial charge in [-0.15, -0.1) is 0 Å². The van der Waals surface area contributed by atoms with Crippen molar-refractivity contribution in [2.45, 2.75) is 19.4 Å². The molecule has 0 radical (unpaired) electrons. The van der Waals surface area contributed by atoms with Crippen molar-refractivity contribution in [1.82, 2.24) is 5.32 Å². The maximum absolute atomic E-state index is 11.9. The molecule has 2 rings (SSSR count). The SMILES string of the molecule is Cc1cc(NC(=O)NC[C@@](C)(O)c2ccco2)ccc1[N+](=O)[O-]. The Balaban J connectivity index is 1.95. The number of urea groups is 1. The average Bonchev–Trinajstić information content (AvgIpc) is 3.00. The van der Waals surface area contributed by atoms with E-state index in [2.05, 4.69) is 10.6 Å². The molecule has 0 aliphatic rings. The van der Waals surface area contributed by atoms with Crippen LogP contribution in [0.3, 0.4) is 0 Å². The van der Waals surface area contributed by atoms with E-state index in [-0.39, 0.29) is 12.2 Å². The predicted octanol–water partition coefficient (Wildman–Crippen LogP) is 2.53. The van der Waals surface area contributed by atoms with Gasteiger partial charge in [0.2, 0.25) is 0 Å². The van der Waals surface area contributed by atoms with Gasteiger partial charge in [-0.2, -0.15) is 0 Å². The second kappa shape index (κ2) is 6.49. The van der Waals surface area contributed by atoms with E-state index in [0.29, 0.717) is 17.0 Å². The summed E-state index contributed by atoms with van der Waals surface area (Å²) in [5, 5.41) is 26.0. The molecule has 1 atom stereocenters. The highest BCUT2D eigenvalue weighted by Crippen LogP contribution is 2.22. The number of nitro groups is 1. The number of aliphatic hydroxyl groups is 1. The van der Waals surface area contributed by atoms with Gasteiger partial charge in [0, 0.05) is 17.3 Å². The third kappa shape index (κ3) is 4.07. The minimum atomic E-state index is -1.34. The van der Waals surface area contributed by atoms with Crippen molar-refractivity contribution in [2.75, 3.05) is 11.9 Å². The summed E-state index contributed by atoms with van der Waals surface area (Å²) in [6.45, 7) is 3.05. The molecular formula is C15H17N3O5. The number of carbonyl (C=O) groups excluding carboxylic acids is 1. The molecule has 0 saturated heterocycles. The average molecular weight is 319 g/mol. The number of benzene rings is 1. The Kier molecular flexibility index (Phi) is 4.65. The van der Waals surface area contributed by atoms with Crippen molar-refractivity contribution in [1.29, 1.82) is 0 Å². The fourth-order valence-electron chi connectivity index (χ4n) is 2.04. The van der Waals surface area contributed by atoms with E-state index >= 15 is 0 Å². The zero-order valence-electron chi connectivity index (χ0n) is 12.7. The number of carbonyl (C=O) groups is 1. The van der Waals surface area contributed by atoms with Crippen molar-refractivity contribution in [3.05, 3.63) is 58.0 Å². The summed E-state index contributed by atoms with van der Waals surface area (Å²) in [6.07, 6.45) is 1.43. The number of nitrogens with one attached hydrogen (secondary N) is 2. The van der Waals surface area contributed by atoms with Crippen molar-refractivity contribution in [3.8, 4) is 0 Å². The number of rotatable bonds is 5. The maximum Gasteiger partial charge on any atom is 0.319 e. The summed E-state index contributed by atoms with van der Waals surface area (Å²) in [7, 11) is 0. The Hall–Kier alpha value is -2.87. The number of hydrogen-bond acceptors (Lipinski definition) is 5. The van der Waals surface area contributed by atoms with Crippen LogP contribution in [0.4, 0.5) is 16.2 Å². The van der Waals surface area contributed by atoms with Crippen LogP contribution in [0.15, 0.2) is 41.0 Å². The fraction of sp³-hybridized carbons (Fsp3) is 0.267. The monoisotopic (exact) mass is 319 g/mol. The predicted molar refractivity (Wildman–Crippen MR) is 83.1 cm³/mol. The smallest absolute Gasteiger partial charge is 0.319 e. The second-order valence-corrected chi connectivity index (χ2v) is 5.32. The normalized spacial score (nSPS) is 13.2. The number of hydrogen-bond donors (Lipinski definition) is 3. The van der Waals surface area contributed by atoms with E-state index in [1.165, 1.54) is 31.4 Å². The summed E-state index contributed by atoms with van der Waals surface area (Å²) in [4.78, 5) is 22.1. The molecule has 8 heteroatoms.